The summed E-state index contributed by atoms with van der Waals surface area (Å²) in [4.78, 5) is 18.9. The van der Waals surface area contributed by atoms with Crippen LogP contribution in [0, 0.1) is 11.3 Å². The summed E-state index contributed by atoms with van der Waals surface area (Å²) in [5, 5.41) is 17.8. The first-order chi connectivity index (χ1) is 11.0. The Balaban J connectivity index is 2.53. The van der Waals surface area contributed by atoms with E-state index in [2.05, 4.69) is 9.98 Å². The lowest BCUT2D eigenvalue weighted by atomic mass is 10.1. The fourth-order valence-corrected chi connectivity index (χ4v) is 1.73. The van der Waals surface area contributed by atoms with Gasteiger partial charge in [-0.1, -0.05) is 18.2 Å². The van der Waals surface area contributed by atoms with Crippen molar-refractivity contribution in [2.75, 3.05) is 6.54 Å². The largest absolute Gasteiger partial charge is 0.480 e. The lowest BCUT2D eigenvalue weighted by molar-refractivity contribution is -0.138. The van der Waals surface area contributed by atoms with Crippen LogP contribution in [0.3, 0.4) is 0 Å². The molecule has 1 rings (SSSR count). The number of carbonyl (C=O) groups is 1. The number of hydrogen-bond donors (Lipinski definition) is 3. The fraction of sp³-hybridized carbons (Fsp3) is 0.250. The lowest BCUT2D eigenvalue weighted by Crippen LogP contribution is -2.23. The zero-order valence-electron chi connectivity index (χ0n) is 12.6. The third-order valence-corrected chi connectivity index (χ3v) is 2.90. The van der Waals surface area contributed by atoms with E-state index >= 15 is 0 Å². The first-order valence-electron chi connectivity index (χ1n) is 7.01. The molecule has 7 heteroatoms. The highest BCUT2D eigenvalue weighted by molar-refractivity contribution is 5.82. The maximum absolute atomic E-state index is 11.1. The maximum atomic E-state index is 11.1. The number of carboxylic acid groups (broad SMARTS) is 1. The zero-order valence-corrected chi connectivity index (χ0v) is 12.6. The molecule has 0 amide bonds. The number of carboxylic acids is 1. The molecule has 0 aromatic heterocycles. The highest BCUT2D eigenvalue weighted by atomic mass is 16.4. The molecule has 120 valence electrons. The van der Waals surface area contributed by atoms with Crippen LogP contribution in [0.25, 0.3) is 6.08 Å². The Morgan fingerprint density at radius 3 is 2.61 bits per heavy atom. The molecule has 0 saturated carbocycles. The molecular weight excluding hydrogens is 294 g/mol. The first-order valence-corrected chi connectivity index (χ1v) is 7.01. The summed E-state index contributed by atoms with van der Waals surface area (Å²) in [6.45, 7) is 0.378. The minimum atomic E-state index is -0.988. The van der Waals surface area contributed by atoms with Gasteiger partial charge >= 0.3 is 5.97 Å². The molecule has 0 saturated heterocycles. The Kier molecular flexibility index (Phi) is 7.58. The Morgan fingerprint density at radius 1 is 1.35 bits per heavy atom. The molecule has 0 aliphatic rings. The van der Waals surface area contributed by atoms with Crippen molar-refractivity contribution in [2.24, 2.45) is 21.5 Å². The number of hydrogen-bond acceptors (Lipinski definition) is 4. The van der Waals surface area contributed by atoms with Crippen LogP contribution in [0.2, 0.25) is 0 Å². The summed E-state index contributed by atoms with van der Waals surface area (Å²) in [5.41, 5.74) is 11.9. The summed E-state index contributed by atoms with van der Waals surface area (Å²) in [7, 11) is 0. The molecule has 1 aromatic rings. The molecule has 0 unspecified atom stereocenters. The van der Waals surface area contributed by atoms with Crippen LogP contribution in [-0.2, 0) is 4.79 Å². The minimum Gasteiger partial charge on any atom is -0.480 e. The number of aliphatic carboxylic acids is 1. The minimum absolute atomic E-state index is 0.00859. The molecule has 0 radical (unpaired) electrons. The number of nitrogens with zero attached hydrogens (tertiary/aromatic N) is 3. The quantitative estimate of drug-likeness (QED) is 0.375. The monoisotopic (exact) mass is 313 g/mol. The molecule has 0 bridgehead atoms. The standard InChI is InChI=1S/C16H19N5O2/c17-11-13-7-5-12(6-8-13)3-1-9-20-14(15(22)23)4-2-10-21-16(18)19/h1,3,5-9,14H,2,4,10H2,(H,22,23)(H4,18,19,21)/b3-1+,20-9?/t14-/m0/s1. The summed E-state index contributed by atoms with van der Waals surface area (Å²) >= 11 is 0. The van der Waals surface area contributed by atoms with E-state index in [1.54, 1.807) is 36.4 Å². The van der Waals surface area contributed by atoms with Gasteiger partial charge in [0.05, 0.1) is 11.6 Å². The second-order valence-corrected chi connectivity index (χ2v) is 4.69. The van der Waals surface area contributed by atoms with Crippen molar-refractivity contribution in [3.05, 3.63) is 41.5 Å². The Morgan fingerprint density at radius 2 is 2.04 bits per heavy atom. The van der Waals surface area contributed by atoms with Gasteiger partial charge in [0.25, 0.3) is 0 Å². The van der Waals surface area contributed by atoms with Crippen molar-refractivity contribution < 1.29 is 9.90 Å². The molecule has 0 heterocycles. The van der Waals surface area contributed by atoms with E-state index in [-0.39, 0.29) is 5.96 Å². The second-order valence-electron chi connectivity index (χ2n) is 4.69. The predicted octanol–water partition coefficient (Wildman–Crippen LogP) is 1.15. The molecule has 1 atom stereocenters. The van der Waals surface area contributed by atoms with E-state index in [0.717, 1.165) is 5.56 Å². The van der Waals surface area contributed by atoms with Crippen LogP contribution < -0.4 is 11.5 Å². The van der Waals surface area contributed by atoms with Crippen molar-refractivity contribution in [3.63, 3.8) is 0 Å². The molecule has 0 aliphatic carbocycles. The normalized spacial score (nSPS) is 12.1. The topological polar surface area (TPSA) is 138 Å². The Hall–Kier alpha value is -3.14. The summed E-state index contributed by atoms with van der Waals surface area (Å²) < 4.78 is 0. The van der Waals surface area contributed by atoms with Gasteiger partial charge in [0.15, 0.2) is 5.96 Å². The highest BCUT2D eigenvalue weighted by Gasteiger charge is 2.13. The van der Waals surface area contributed by atoms with E-state index in [1.807, 2.05) is 6.07 Å². The number of aliphatic imine (C=N–C) groups is 2. The number of rotatable bonds is 8. The van der Waals surface area contributed by atoms with E-state index in [4.69, 9.17) is 21.8 Å². The number of nitriles is 1. The average Bonchev–Trinajstić information content (AvgIpc) is 2.53. The van der Waals surface area contributed by atoms with E-state index in [1.165, 1.54) is 6.21 Å². The van der Waals surface area contributed by atoms with Crippen LogP contribution >= 0.6 is 0 Å². The molecule has 5 N–H and O–H groups in total. The van der Waals surface area contributed by atoms with Crippen LogP contribution in [-0.4, -0.2) is 35.8 Å². The van der Waals surface area contributed by atoms with Crippen molar-refractivity contribution >= 4 is 24.2 Å². The van der Waals surface area contributed by atoms with Gasteiger partial charge in [-0.25, -0.2) is 4.79 Å². The lowest BCUT2D eigenvalue weighted by Gasteiger charge is -2.05. The van der Waals surface area contributed by atoms with Crippen LogP contribution in [0.4, 0.5) is 0 Å². The summed E-state index contributed by atoms with van der Waals surface area (Å²) in [6.07, 6.45) is 5.78. The van der Waals surface area contributed by atoms with Crippen molar-refractivity contribution in [1.82, 2.24) is 0 Å². The van der Waals surface area contributed by atoms with Gasteiger partial charge in [-0.15, -0.1) is 0 Å². The molecular formula is C16H19N5O2. The van der Waals surface area contributed by atoms with Gasteiger partial charge in [-0.3, -0.25) is 9.98 Å². The van der Waals surface area contributed by atoms with Crippen molar-refractivity contribution in [2.45, 2.75) is 18.9 Å². The molecule has 1 aromatic carbocycles. The number of benzene rings is 1. The summed E-state index contributed by atoms with van der Waals surface area (Å²) in [6, 6.07) is 8.23. The third-order valence-electron chi connectivity index (χ3n) is 2.90. The Bertz CT molecular complexity index is 637. The van der Waals surface area contributed by atoms with Gasteiger partial charge in [-0.2, -0.15) is 5.26 Å². The van der Waals surface area contributed by atoms with E-state index < -0.39 is 12.0 Å². The first kappa shape index (κ1) is 17.9. The van der Waals surface area contributed by atoms with Gasteiger partial charge in [0, 0.05) is 12.8 Å². The maximum Gasteiger partial charge on any atom is 0.328 e. The number of allylic oxidation sites excluding steroid dienone is 1. The van der Waals surface area contributed by atoms with Crippen LogP contribution in [0.1, 0.15) is 24.0 Å². The SMILES string of the molecule is N#Cc1ccc(/C=C/C=N[C@@H](CCCN=C(N)N)C(=O)O)cc1. The van der Waals surface area contributed by atoms with Crippen LogP contribution in [0.15, 0.2) is 40.3 Å². The van der Waals surface area contributed by atoms with Crippen molar-refractivity contribution in [3.8, 4) is 6.07 Å². The van der Waals surface area contributed by atoms with Gasteiger partial charge < -0.3 is 16.6 Å². The third kappa shape index (κ3) is 7.43. The van der Waals surface area contributed by atoms with Gasteiger partial charge in [0.2, 0.25) is 0 Å². The molecule has 23 heavy (non-hydrogen) atoms. The number of nitrogens with two attached hydrogens (primary N) is 2. The van der Waals surface area contributed by atoms with E-state index in [0.29, 0.717) is 24.9 Å². The predicted molar refractivity (Wildman–Crippen MR) is 90.0 cm³/mol. The molecule has 0 fully saturated rings. The molecule has 0 spiro atoms. The van der Waals surface area contributed by atoms with Crippen molar-refractivity contribution in [1.29, 1.82) is 5.26 Å². The van der Waals surface area contributed by atoms with Gasteiger partial charge in [-0.05, 0) is 36.6 Å². The Labute approximate surface area is 134 Å². The molecule has 7 nitrogen and oxygen atoms in total. The van der Waals surface area contributed by atoms with Gasteiger partial charge in [0.1, 0.15) is 6.04 Å². The van der Waals surface area contributed by atoms with E-state index in [9.17, 15) is 4.79 Å². The van der Waals surface area contributed by atoms with Crippen LogP contribution in [0.5, 0.6) is 0 Å². The molecule has 0 aliphatic heterocycles. The zero-order chi connectivity index (χ0) is 17.1. The average molecular weight is 313 g/mol. The fourth-order valence-electron chi connectivity index (χ4n) is 1.73. The highest BCUT2D eigenvalue weighted by Crippen LogP contribution is 2.05. The smallest absolute Gasteiger partial charge is 0.328 e. The second kappa shape index (κ2) is 9.73. The summed E-state index contributed by atoms with van der Waals surface area (Å²) in [5.74, 6) is -0.997. The number of guanidine groups is 1.